The molecule has 1 atom stereocenters. The lowest BCUT2D eigenvalue weighted by molar-refractivity contribution is -0.137. The van der Waals surface area contributed by atoms with Crippen LogP contribution in [0.2, 0.25) is 5.02 Å². The molecule has 1 fully saturated rings. The Hall–Kier alpha value is -3.00. The molecule has 0 spiro atoms. The summed E-state index contributed by atoms with van der Waals surface area (Å²) >= 11 is 5.95. The fourth-order valence-corrected chi connectivity index (χ4v) is 3.95. The molecule has 0 bridgehead atoms. The number of H-pyrrole nitrogens is 1. The summed E-state index contributed by atoms with van der Waals surface area (Å²) in [5, 5.41) is 10.6. The van der Waals surface area contributed by atoms with Gasteiger partial charge in [-0.3, -0.25) is 5.10 Å². The number of carbonyl (C=O) groups excluding carboxylic acids is 1. The van der Waals surface area contributed by atoms with Crippen LogP contribution in [0.3, 0.4) is 0 Å². The monoisotopic (exact) mass is 448 g/mol. The second kappa shape index (κ2) is 8.63. The number of halogens is 4. The van der Waals surface area contributed by atoms with Gasteiger partial charge in [-0.15, -0.1) is 0 Å². The second-order valence-electron chi connectivity index (χ2n) is 7.47. The van der Waals surface area contributed by atoms with Crippen molar-refractivity contribution in [2.75, 3.05) is 11.9 Å². The predicted molar refractivity (Wildman–Crippen MR) is 112 cm³/mol. The average Bonchev–Trinajstić information content (AvgIpc) is 3.38. The van der Waals surface area contributed by atoms with E-state index in [1.54, 1.807) is 11.1 Å². The predicted octanol–water partition coefficient (Wildman–Crippen LogP) is 6.04. The fourth-order valence-electron chi connectivity index (χ4n) is 3.82. The first kappa shape index (κ1) is 21.2. The summed E-state index contributed by atoms with van der Waals surface area (Å²) in [4.78, 5) is 14.5. The minimum Gasteiger partial charge on any atom is -0.316 e. The third kappa shape index (κ3) is 4.85. The van der Waals surface area contributed by atoms with Crippen LogP contribution in [0.5, 0.6) is 0 Å². The highest BCUT2D eigenvalue weighted by Gasteiger charge is 2.33. The highest BCUT2D eigenvalue weighted by Crippen LogP contribution is 2.34. The van der Waals surface area contributed by atoms with Gasteiger partial charge in [0, 0.05) is 23.7 Å². The number of urea groups is 1. The summed E-state index contributed by atoms with van der Waals surface area (Å²) in [5.74, 6) is 0. The van der Waals surface area contributed by atoms with E-state index in [2.05, 4.69) is 15.5 Å². The molecule has 1 saturated heterocycles. The summed E-state index contributed by atoms with van der Waals surface area (Å²) in [6.07, 6.45) is -0.410. The number of benzene rings is 2. The number of nitrogens with zero attached hydrogens (tertiary/aromatic N) is 2. The number of carbonyl (C=O) groups is 1. The molecule has 1 unspecified atom stereocenters. The Balaban J connectivity index is 1.47. The lowest BCUT2D eigenvalue weighted by atomic mass is 10.0. The molecule has 2 amide bonds. The molecule has 1 aliphatic rings. The Morgan fingerprint density at radius 3 is 2.55 bits per heavy atom. The first-order valence-corrected chi connectivity index (χ1v) is 10.2. The van der Waals surface area contributed by atoms with E-state index in [9.17, 15) is 18.0 Å². The number of likely N-dealkylation sites (tertiary alicyclic amines) is 1. The first-order valence-electron chi connectivity index (χ1n) is 9.83. The summed E-state index contributed by atoms with van der Waals surface area (Å²) in [5.41, 5.74) is 2.49. The molecule has 5 nitrogen and oxygen atoms in total. The van der Waals surface area contributed by atoms with Crippen LogP contribution in [-0.4, -0.2) is 27.7 Å². The lowest BCUT2D eigenvalue weighted by Gasteiger charge is -2.25. The summed E-state index contributed by atoms with van der Waals surface area (Å²) in [6.45, 7) is 0.552. The molecule has 0 saturated carbocycles. The van der Waals surface area contributed by atoms with E-state index in [4.69, 9.17) is 11.6 Å². The number of hydrogen-bond donors (Lipinski definition) is 2. The van der Waals surface area contributed by atoms with Crippen LogP contribution in [0.15, 0.2) is 54.7 Å². The van der Waals surface area contributed by atoms with Gasteiger partial charge in [0.2, 0.25) is 0 Å². The van der Waals surface area contributed by atoms with E-state index in [-0.39, 0.29) is 12.1 Å². The molecule has 2 heterocycles. The topological polar surface area (TPSA) is 61.0 Å². The molecule has 162 valence electrons. The maximum atomic E-state index is 12.9. The first-order chi connectivity index (χ1) is 14.8. The van der Waals surface area contributed by atoms with E-state index in [1.165, 1.54) is 12.1 Å². The number of aromatic nitrogens is 2. The Morgan fingerprint density at radius 2 is 1.87 bits per heavy atom. The number of rotatable bonds is 4. The van der Waals surface area contributed by atoms with Crippen molar-refractivity contribution in [1.29, 1.82) is 0 Å². The maximum Gasteiger partial charge on any atom is 0.416 e. The van der Waals surface area contributed by atoms with E-state index < -0.39 is 11.7 Å². The SMILES string of the molecule is O=C(Nc1ccc(C(F)(F)F)cc1)N1CCCC1c1[nH]ncc1Cc1ccc(Cl)cc1. The molecule has 2 aromatic carbocycles. The van der Waals surface area contributed by atoms with Gasteiger partial charge in [-0.05, 0) is 60.4 Å². The third-order valence-corrected chi connectivity index (χ3v) is 5.62. The average molecular weight is 449 g/mol. The van der Waals surface area contributed by atoms with Crippen molar-refractivity contribution in [3.05, 3.63) is 82.1 Å². The Bertz CT molecular complexity index is 1050. The highest BCUT2D eigenvalue weighted by molar-refractivity contribution is 6.30. The van der Waals surface area contributed by atoms with Crippen molar-refractivity contribution in [2.45, 2.75) is 31.5 Å². The molecule has 9 heteroatoms. The van der Waals surface area contributed by atoms with Crippen molar-refractivity contribution in [3.63, 3.8) is 0 Å². The van der Waals surface area contributed by atoms with E-state index in [0.29, 0.717) is 23.7 Å². The van der Waals surface area contributed by atoms with Crippen LogP contribution < -0.4 is 5.32 Å². The van der Waals surface area contributed by atoms with Gasteiger partial charge in [-0.2, -0.15) is 18.3 Å². The van der Waals surface area contributed by atoms with E-state index >= 15 is 0 Å². The zero-order valence-corrected chi connectivity index (χ0v) is 17.2. The zero-order chi connectivity index (χ0) is 22.0. The number of amides is 2. The van der Waals surface area contributed by atoms with E-state index in [0.717, 1.165) is 41.8 Å². The number of nitrogens with one attached hydrogen (secondary N) is 2. The van der Waals surface area contributed by atoms with Crippen LogP contribution >= 0.6 is 11.6 Å². The largest absolute Gasteiger partial charge is 0.416 e. The van der Waals surface area contributed by atoms with Gasteiger partial charge in [-0.25, -0.2) is 4.79 Å². The van der Waals surface area contributed by atoms with Crippen molar-refractivity contribution in [2.24, 2.45) is 0 Å². The van der Waals surface area contributed by atoms with Crippen LogP contribution in [0.4, 0.5) is 23.7 Å². The lowest BCUT2D eigenvalue weighted by Crippen LogP contribution is -2.35. The Labute approximate surface area is 182 Å². The van der Waals surface area contributed by atoms with Crippen LogP contribution in [0.1, 0.15) is 41.3 Å². The number of anilines is 1. The van der Waals surface area contributed by atoms with Gasteiger partial charge in [0.15, 0.2) is 0 Å². The molecular formula is C22H20ClF3N4O. The quantitative estimate of drug-likeness (QED) is 0.511. The third-order valence-electron chi connectivity index (χ3n) is 5.37. The van der Waals surface area contributed by atoms with Crippen LogP contribution in [0, 0.1) is 0 Å². The van der Waals surface area contributed by atoms with Gasteiger partial charge in [0.25, 0.3) is 0 Å². The standard InChI is InChI=1S/C22H20ClF3N4O/c23-17-7-3-14(4-8-17)12-15-13-27-29-20(15)19-2-1-11-30(19)21(31)28-18-9-5-16(6-10-18)22(24,25)26/h3-10,13,19H,1-2,11-12H2,(H,27,29)(H,28,31). The Kier molecular flexibility index (Phi) is 5.91. The molecular weight excluding hydrogens is 429 g/mol. The van der Waals surface area contributed by atoms with Crippen molar-refractivity contribution >= 4 is 23.3 Å². The van der Waals surface area contributed by atoms with Gasteiger partial charge in [0.05, 0.1) is 23.5 Å². The molecule has 31 heavy (non-hydrogen) atoms. The fraction of sp³-hybridized carbons (Fsp3) is 0.273. The van der Waals surface area contributed by atoms with Crippen LogP contribution in [0.25, 0.3) is 0 Å². The summed E-state index contributed by atoms with van der Waals surface area (Å²) in [6, 6.07) is 11.4. The molecule has 1 aliphatic heterocycles. The van der Waals surface area contributed by atoms with Gasteiger partial charge in [0.1, 0.15) is 0 Å². The minimum atomic E-state index is -4.41. The summed E-state index contributed by atoms with van der Waals surface area (Å²) in [7, 11) is 0. The normalized spacial score (nSPS) is 16.5. The molecule has 3 aromatic rings. The number of hydrogen-bond acceptors (Lipinski definition) is 2. The number of aromatic amines is 1. The van der Waals surface area contributed by atoms with E-state index in [1.807, 2.05) is 24.3 Å². The second-order valence-corrected chi connectivity index (χ2v) is 7.91. The van der Waals surface area contributed by atoms with Crippen molar-refractivity contribution in [1.82, 2.24) is 15.1 Å². The smallest absolute Gasteiger partial charge is 0.316 e. The Morgan fingerprint density at radius 1 is 1.16 bits per heavy atom. The van der Waals surface area contributed by atoms with Gasteiger partial charge >= 0.3 is 12.2 Å². The maximum absolute atomic E-state index is 12.9. The van der Waals surface area contributed by atoms with Crippen molar-refractivity contribution in [3.8, 4) is 0 Å². The van der Waals surface area contributed by atoms with Crippen LogP contribution in [-0.2, 0) is 12.6 Å². The zero-order valence-electron chi connectivity index (χ0n) is 16.4. The molecule has 1 aromatic heterocycles. The highest BCUT2D eigenvalue weighted by atomic mass is 35.5. The van der Waals surface area contributed by atoms with Crippen molar-refractivity contribution < 1.29 is 18.0 Å². The summed E-state index contributed by atoms with van der Waals surface area (Å²) < 4.78 is 38.2. The molecule has 0 radical (unpaired) electrons. The molecule has 2 N–H and O–H groups in total. The molecule has 4 rings (SSSR count). The minimum absolute atomic E-state index is 0.181. The van der Waals surface area contributed by atoms with Gasteiger partial charge < -0.3 is 10.2 Å². The number of alkyl halides is 3. The molecule has 0 aliphatic carbocycles. The van der Waals surface area contributed by atoms with Gasteiger partial charge in [-0.1, -0.05) is 23.7 Å².